The Balaban J connectivity index is 2.56. The Bertz CT molecular complexity index is 406. The van der Waals surface area contributed by atoms with Gasteiger partial charge in [0.05, 0.1) is 5.69 Å². The standard InChI is InChI=1S/C12H19NO2/c1-12(2,3)7-5-6-8-9(13-4)11(15)10(8)14/h13H,5-7H2,1-4H3. The van der Waals surface area contributed by atoms with Crippen molar-refractivity contribution in [2.45, 2.75) is 40.0 Å². The molecule has 0 aliphatic carbocycles. The first-order valence-electron chi connectivity index (χ1n) is 5.37. The molecule has 0 saturated carbocycles. The summed E-state index contributed by atoms with van der Waals surface area (Å²) in [7, 11) is 1.68. The van der Waals surface area contributed by atoms with Crippen LogP contribution in [0.4, 0.5) is 5.69 Å². The Morgan fingerprint density at radius 3 is 2.20 bits per heavy atom. The molecule has 0 aromatic heterocycles. The van der Waals surface area contributed by atoms with Crippen molar-refractivity contribution in [1.29, 1.82) is 0 Å². The van der Waals surface area contributed by atoms with Crippen LogP contribution < -0.4 is 16.2 Å². The van der Waals surface area contributed by atoms with Crippen LogP contribution in [0.2, 0.25) is 0 Å². The fourth-order valence-electron chi connectivity index (χ4n) is 1.74. The van der Waals surface area contributed by atoms with Crippen LogP contribution in [0.5, 0.6) is 0 Å². The van der Waals surface area contributed by atoms with Crippen molar-refractivity contribution in [3.8, 4) is 0 Å². The summed E-state index contributed by atoms with van der Waals surface area (Å²) in [5.74, 6) is 0. The van der Waals surface area contributed by atoms with Gasteiger partial charge in [-0.05, 0) is 24.7 Å². The minimum atomic E-state index is -0.358. The van der Waals surface area contributed by atoms with E-state index < -0.39 is 0 Å². The molecule has 3 heteroatoms. The molecule has 0 amide bonds. The van der Waals surface area contributed by atoms with E-state index in [-0.39, 0.29) is 16.3 Å². The third-order valence-electron chi connectivity index (χ3n) is 2.61. The summed E-state index contributed by atoms with van der Waals surface area (Å²) in [6.45, 7) is 6.52. The van der Waals surface area contributed by atoms with Crippen molar-refractivity contribution >= 4 is 5.69 Å². The predicted octanol–water partition coefficient (Wildman–Crippen LogP) is 1.69. The summed E-state index contributed by atoms with van der Waals surface area (Å²) in [5.41, 5.74) is 0.842. The minimum absolute atomic E-state index is 0.289. The summed E-state index contributed by atoms with van der Waals surface area (Å²) in [5, 5.41) is 2.79. The number of hydrogen-bond donors (Lipinski definition) is 1. The van der Waals surface area contributed by atoms with Gasteiger partial charge in [0.1, 0.15) is 0 Å². The average Bonchev–Trinajstić information content (AvgIpc) is 2.14. The smallest absolute Gasteiger partial charge is 0.249 e. The lowest BCUT2D eigenvalue weighted by Crippen LogP contribution is -2.38. The highest BCUT2D eigenvalue weighted by Crippen LogP contribution is 2.22. The van der Waals surface area contributed by atoms with Crippen LogP contribution in [-0.4, -0.2) is 7.05 Å². The first-order valence-corrected chi connectivity index (χ1v) is 5.37. The zero-order valence-corrected chi connectivity index (χ0v) is 9.94. The Labute approximate surface area is 90.2 Å². The molecule has 84 valence electrons. The molecule has 1 aromatic rings. The largest absolute Gasteiger partial charge is 0.385 e. The van der Waals surface area contributed by atoms with Gasteiger partial charge in [-0.15, -0.1) is 0 Å². The molecule has 0 spiro atoms. The molecule has 0 bridgehead atoms. The van der Waals surface area contributed by atoms with Crippen molar-refractivity contribution in [3.05, 3.63) is 26.0 Å². The Morgan fingerprint density at radius 2 is 1.73 bits per heavy atom. The van der Waals surface area contributed by atoms with Gasteiger partial charge in [0, 0.05) is 12.6 Å². The van der Waals surface area contributed by atoms with Crippen LogP contribution in [0, 0.1) is 5.41 Å². The monoisotopic (exact) mass is 209 g/mol. The topological polar surface area (TPSA) is 46.2 Å². The third kappa shape index (κ3) is 2.67. The summed E-state index contributed by atoms with van der Waals surface area (Å²) < 4.78 is 0. The van der Waals surface area contributed by atoms with E-state index in [0.29, 0.717) is 11.3 Å². The minimum Gasteiger partial charge on any atom is -0.385 e. The summed E-state index contributed by atoms with van der Waals surface area (Å²) >= 11 is 0. The van der Waals surface area contributed by atoms with Crippen molar-refractivity contribution in [3.63, 3.8) is 0 Å². The number of hydrogen-bond acceptors (Lipinski definition) is 3. The van der Waals surface area contributed by atoms with Gasteiger partial charge in [-0.2, -0.15) is 0 Å². The normalized spacial score (nSPS) is 12.0. The van der Waals surface area contributed by atoms with E-state index in [1.807, 2.05) is 0 Å². The molecule has 0 aliphatic heterocycles. The molecule has 0 radical (unpaired) electrons. The van der Waals surface area contributed by atoms with Gasteiger partial charge in [0.15, 0.2) is 0 Å². The fourth-order valence-corrected chi connectivity index (χ4v) is 1.74. The molecule has 0 atom stereocenters. The molecule has 1 rings (SSSR count). The highest BCUT2D eigenvalue weighted by atomic mass is 16.2. The van der Waals surface area contributed by atoms with Gasteiger partial charge in [0.2, 0.25) is 10.9 Å². The van der Waals surface area contributed by atoms with Crippen molar-refractivity contribution in [1.82, 2.24) is 0 Å². The molecule has 0 heterocycles. The SMILES string of the molecule is CNc1c(CCCC(C)(C)C)c(=O)c1=O. The van der Waals surface area contributed by atoms with E-state index in [0.717, 1.165) is 19.3 Å². The maximum atomic E-state index is 11.2. The van der Waals surface area contributed by atoms with E-state index in [4.69, 9.17) is 0 Å². The van der Waals surface area contributed by atoms with Crippen LogP contribution >= 0.6 is 0 Å². The van der Waals surface area contributed by atoms with Crippen molar-refractivity contribution < 1.29 is 0 Å². The van der Waals surface area contributed by atoms with Gasteiger partial charge >= 0.3 is 0 Å². The molecule has 1 aromatic carbocycles. The molecule has 0 fully saturated rings. The van der Waals surface area contributed by atoms with E-state index in [2.05, 4.69) is 26.1 Å². The lowest BCUT2D eigenvalue weighted by molar-refractivity contribution is 0.365. The number of rotatable bonds is 4. The Hall–Kier alpha value is -1.12. The van der Waals surface area contributed by atoms with Gasteiger partial charge in [0.25, 0.3) is 0 Å². The van der Waals surface area contributed by atoms with Crippen LogP contribution in [0.15, 0.2) is 9.59 Å². The maximum Gasteiger partial charge on any atom is 0.249 e. The molecule has 0 unspecified atom stereocenters. The van der Waals surface area contributed by atoms with Crippen LogP contribution in [-0.2, 0) is 6.42 Å². The Morgan fingerprint density at radius 1 is 1.13 bits per heavy atom. The predicted molar refractivity (Wildman–Crippen MR) is 63.3 cm³/mol. The fraction of sp³-hybridized carbons (Fsp3) is 0.667. The average molecular weight is 209 g/mol. The zero-order valence-electron chi connectivity index (χ0n) is 9.94. The summed E-state index contributed by atoms with van der Waals surface area (Å²) in [4.78, 5) is 22.3. The lowest BCUT2D eigenvalue weighted by atomic mass is 9.88. The second-order valence-corrected chi connectivity index (χ2v) is 5.18. The molecule has 1 N–H and O–H groups in total. The Kier molecular flexibility index (Phi) is 3.32. The number of nitrogens with one attached hydrogen (secondary N) is 1. The van der Waals surface area contributed by atoms with E-state index in [1.54, 1.807) is 7.05 Å². The van der Waals surface area contributed by atoms with Gasteiger partial charge < -0.3 is 5.32 Å². The third-order valence-corrected chi connectivity index (χ3v) is 2.61. The highest BCUT2D eigenvalue weighted by Gasteiger charge is 2.19. The second-order valence-electron chi connectivity index (χ2n) is 5.18. The second kappa shape index (κ2) is 4.17. The van der Waals surface area contributed by atoms with E-state index in [1.165, 1.54) is 0 Å². The van der Waals surface area contributed by atoms with Crippen molar-refractivity contribution in [2.24, 2.45) is 5.41 Å². The van der Waals surface area contributed by atoms with E-state index in [9.17, 15) is 9.59 Å². The van der Waals surface area contributed by atoms with Gasteiger partial charge in [-0.3, -0.25) is 9.59 Å². The zero-order chi connectivity index (χ0) is 11.6. The van der Waals surface area contributed by atoms with Crippen LogP contribution in [0.3, 0.4) is 0 Å². The first-order chi connectivity index (χ1) is 6.87. The van der Waals surface area contributed by atoms with Gasteiger partial charge in [-0.1, -0.05) is 20.8 Å². The molecular formula is C12H19NO2. The molecular weight excluding hydrogens is 190 g/mol. The van der Waals surface area contributed by atoms with Gasteiger partial charge in [-0.25, -0.2) is 0 Å². The highest BCUT2D eigenvalue weighted by molar-refractivity contribution is 5.55. The van der Waals surface area contributed by atoms with Crippen LogP contribution in [0.1, 0.15) is 39.2 Å². The van der Waals surface area contributed by atoms with Crippen molar-refractivity contribution in [2.75, 3.05) is 12.4 Å². The summed E-state index contributed by atoms with van der Waals surface area (Å²) in [6, 6.07) is 0. The van der Waals surface area contributed by atoms with E-state index >= 15 is 0 Å². The molecule has 3 nitrogen and oxygen atoms in total. The lowest BCUT2D eigenvalue weighted by Gasteiger charge is -2.18. The molecule has 0 saturated heterocycles. The number of anilines is 1. The quantitative estimate of drug-likeness (QED) is 0.768. The molecule has 15 heavy (non-hydrogen) atoms. The maximum absolute atomic E-state index is 11.2. The first kappa shape index (κ1) is 12.0. The summed E-state index contributed by atoms with van der Waals surface area (Å²) in [6.07, 6.45) is 2.75. The van der Waals surface area contributed by atoms with Crippen LogP contribution in [0.25, 0.3) is 0 Å². The molecule has 0 aliphatic rings.